The number of amides is 1. The van der Waals surface area contributed by atoms with Gasteiger partial charge in [-0.2, -0.15) is 8.78 Å². The lowest BCUT2D eigenvalue weighted by atomic mass is 9.94. The van der Waals surface area contributed by atoms with Crippen LogP contribution in [0.2, 0.25) is 0 Å². The topological polar surface area (TPSA) is 71.2 Å². The maximum absolute atomic E-state index is 13.9. The number of carbonyl (C=O) groups is 1. The Hall–Kier alpha value is -1.55. The van der Waals surface area contributed by atoms with Crippen LogP contribution in [0.3, 0.4) is 0 Å². The first-order valence-corrected chi connectivity index (χ1v) is 9.55. The number of nitrogens with one attached hydrogen (secondary N) is 1. The van der Waals surface area contributed by atoms with Gasteiger partial charge in [-0.15, -0.1) is 0 Å². The number of hydrogen-bond donors (Lipinski definition) is 2. The second-order valence-corrected chi connectivity index (χ2v) is 8.17. The third kappa shape index (κ3) is 4.22. The zero-order valence-corrected chi connectivity index (χ0v) is 16.5. The number of carbonyl (C=O) groups excluding carboxylic acids is 1. The molecule has 2 atom stereocenters. The van der Waals surface area contributed by atoms with Crippen LogP contribution >= 0.6 is 22.6 Å². The van der Waals surface area contributed by atoms with Crippen molar-refractivity contribution in [2.45, 2.75) is 23.3 Å². The van der Waals surface area contributed by atoms with Gasteiger partial charge in [-0.05, 0) is 36.6 Å². The van der Waals surface area contributed by atoms with E-state index in [4.69, 9.17) is 5.73 Å². The highest BCUT2D eigenvalue weighted by molar-refractivity contribution is 14.1. The van der Waals surface area contributed by atoms with Crippen molar-refractivity contribution in [1.82, 2.24) is 10.3 Å². The van der Waals surface area contributed by atoms with Crippen molar-refractivity contribution in [3.05, 3.63) is 36.0 Å². The van der Waals surface area contributed by atoms with Crippen LogP contribution in [0.25, 0.3) is 10.9 Å². The van der Waals surface area contributed by atoms with Gasteiger partial charge in [0.05, 0.1) is 17.6 Å². The summed E-state index contributed by atoms with van der Waals surface area (Å²) in [6.45, 7) is 3.77. The molecule has 0 bridgehead atoms. The highest BCUT2D eigenvalue weighted by Crippen LogP contribution is 2.41. The number of piperidine rings is 1. The van der Waals surface area contributed by atoms with E-state index >= 15 is 0 Å². The summed E-state index contributed by atoms with van der Waals surface area (Å²) in [7, 11) is 0. The van der Waals surface area contributed by atoms with Gasteiger partial charge in [-0.3, -0.25) is 9.78 Å². The van der Waals surface area contributed by atoms with E-state index < -0.39 is 9.84 Å². The van der Waals surface area contributed by atoms with Crippen molar-refractivity contribution in [1.29, 1.82) is 0 Å². The largest absolute Gasteiger partial charge is 0.369 e. The van der Waals surface area contributed by atoms with Crippen molar-refractivity contribution in [3.8, 4) is 0 Å². The Morgan fingerprint density at radius 2 is 2.19 bits per heavy atom. The molecule has 26 heavy (non-hydrogen) atoms. The Labute approximate surface area is 164 Å². The number of aromatic nitrogens is 1. The zero-order valence-electron chi connectivity index (χ0n) is 14.4. The number of rotatable bonds is 5. The molecule has 1 fully saturated rings. The summed E-state index contributed by atoms with van der Waals surface area (Å²) in [4.78, 5) is 17.4. The minimum Gasteiger partial charge on any atom is -0.369 e. The van der Waals surface area contributed by atoms with E-state index in [0.717, 1.165) is 41.2 Å². The van der Waals surface area contributed by atoms with Crippen molar-refractivity contribution in [2.75, 3.05) is 24.5 Å². The van der Waals surface area contributed by atoms with E-state index in [2.05, 4.69) is 22.1 Å². The third-order valence-corrected chi connectivity index (χ3v) is 5.20. The molecule has 0 spiro atoms. The molecule has 1 aliphatic rings. The zero-order chi connectivity index (χ0) is 18.9. The van der Waals surface area contributed by atoms with E-state index in [1.54, 1.807) is 12.1 Å². The van der Waals surface area contributed by atoms with Gasteiger partial charge in [0.15, 0.2) is 0 Å². The lowest BCUT2D eigenvalue weighted by Gasteiger charge is -2.39. The summed E-state index contributed by atoms with van der Waals surface area (Å²) in [5.41, 5.74) is 6.36. The van der Waals surface area contributed by atoms with Gasteiger partial charge in [0, 0.05) is 59.0 Å². The molecular formula is C18H21F2IN4O. The van der Waals surface area contributed by atoms with Crippen LogP contribution < -0.4 is 16.0 Å². The van der Waals surface area contributed by atoms with Crippen LogP contribution in [0.1, 0.15) is 18.9 Å². The molecule has 8 heteroatoms. The van der Waals surface area contributed by atoms with Gasteiger partial charge in [0.2, 0.25) is 5.91 Å². The number of halogens is 3. The second-order valence-electron chi connectivity index (χ2n) is 6.82. The quantitative estimate of drug-likeness (QED) is 0.517. The summed E-state index contributed by atoms with van der Waals surface area (Å²) in [6, 6.07) is 6.91. The minimum absolute atomic E-state index is 0.0779. The Balaban J connectivity index is 1.96. The molecule has 0 unspecified atom stereocenters. The number of benzene rings is 1. The molecule has 140 valence electrons. The number of anilines is 1. The fraction of sp³-hybridized carbons (Fsp3) is 0.444. The van der Waals surface area contributed by atoms with E-state index in [1.807, 2.05) is 6.07 Å². The SMILES string of the molecule is C[C@H]1C[C@@H](NCC(N)=O)CN(c2ccc(C(F)(F)I)c3ncccc23)C1. The third-order valence-electron chi connectivity index (χ3n) is 4.62. The minimum atomic E-state index is -2.98. The molecule has 0 saturated carbocycles. The molecule has 3 N–H and O–H groups in total. The van der Waals surface area contributed by atoms with Crippen LogP contribution in [-0.4, -0.2) is 36.6 Å². The molecule has 2 heterocycles. The average molecular weight is 474 g/mol. The maximum Gasteiger partial charge on any atom is 0.323 e. The van der Waals surface area contributed by atoms with E-state index in [1.165, 1.54) is 12.3 Å². The number of hydrogen-bond acceptors (Lipinski definition) is 4. The van der Waals surface area contributed by atoms with Crippen LogP contribution in [0.4, 0.5) is 14.5 Å². The van der Waals surface area contributed by atoms with Crippen molar-refractivity contribution in [3.63, 3.8) is 0 Å². The molecule has 5 nitrogen and oxygen atoms in total. The van der Waals surface area contributed by atoms with Gasteiger partial charge in [0.1, 0.15) is 0 Å². The summed E-state index contributed by atoms with van der Waals surface area (Å²) in [5, 5.41) is 3.89. The predicted octanol–water partition coefficient (Wildman–Crippen LogP) is 3.01. The van der Waals surface area contributed by atoms with Crippen molar-refractivity contribution < 1.29 is 13.6 Å². The molecule has 1 aliphatic heterocycles. The summed E-state index contributed by atoms with van der Waals surface area (Å²) in [6.07, 6.45) is 2.47. The highest BCUT2D eigenvalue weighted by Gasteiger charge is 2.32. The van der Waals surface area contributed by atoms with Crippen LogP contribution in [-0.2, 0) is 8.72 Å². The fourth-order valence-corrected chi connectivity index (χ4v) is 4.04. The van der Waals surface area contributed by atoms with Gasteiger partial charge in [-0.1, -0.05) is 6.92 Å². The van der Waals surface area contributed by atoms with Crippen LogP contribution in [0.15, 0.2) is 30.5 Å². The lowest BCUT2D eigenvalue weighted by molar-refractivity contribution is -0.117. The normalized spacial score (nSPS) is 21.2. The van der Waals surface area contributed by atoms with Crippen LogP contribution in [0.5, 0.6) is 0 Å². The smallest absolute Gasteiger partial charge is 0.323 e. The number of pyridine rings is 1. The summed E-state index contributed by atoms with van der Waals surface area (Å²) >= 11 is 1.14. The maximum atomic E-state index is 13.9. The van der Waals surface area contributed by atoms with E-state index in [0.29, 0.717) is 23.4 Å². The number of nitrogens with two attached hydrogens (primary N) is 1. The standard InChI is InChI=1S/C18H21F2IN4O/c1-11-7-12(24-8-16(22)26)10-25(9-11)15-5-4-14(18(19,20)21)17-13(15)3-2-6-23-17/h2-6,11-12,24H,7-10H2,1H3,(H2,22,26)/t11-,12+/m0/s1. The first-order chi connectivity index (χ1) is 12.3. The molecule has 1 aromatic heterocycles. The van der Waals surface area contributed by atoms with E-state index in [9.17, 15) is 13.6 Å². The van der Waals surface area contributed by atoms with Crippen molar-refractivity contribution >= 4 is 45.1 Å². The second kappa shape index (κ2) is 7.59. The number of alkyl halides is 3. The monoisotopic (exact) mass is 474 g/mol. The molecule has 3 rings (SSSR count). The Bertz CT molecular complexity index is 811. The Morgan fingerprint density at radius 1 is 1.42 bits per heavy atom. The van der Waals surface area contributed by atoms with Crippen molar-refractivity contribution in [2.24, 2.45) is 11.7 Å². The average Bonchev–Trinajstić information content (AvgIpc) is 2.57. The summed E-state index contributed by atoms with van der Waals surface area (Å²) in [5.74, 6) is 0.00426. The molecule has 1 amide bonds. The molecule has 0 radical (unpaired) electrons. The number of fused-ring (bicyclic) bond motifs is 1. The predicted molar refractivity (Wildman–Crippen MR) is 107 cm³/mol. The number of nitrogens with zero attached hydrogens (tertiary/aromatic N) is 2. The van der Waals surface area contributed by atoms with Gasteiger partial charge in [-0.25, -0.2) is 0 Å². The van der Waals surface area contributed by atoms with Crippen LogP contribution in [0, 0.1) is 5.92 Å². The first kappa shape index (κ1) is 19.2. The molecule has 1 aromatic carbocycles. The molecule has 2 aromatic rings. The highest BCUT2D eigenvalue weighted by atomic mass is 127. The number of primary amides is 1. The summed E-state index contributed by atoms with van der Waals surface area (Å²) < 4.78 is 24.9. The van der Waals surface area contributed by atoms with Gasteiger partial charge in [0.25, 0.3) is 0 Å². The fourth-order valence-electron chi connectivity index (χ4n) is 3.60. The van der Waals surface area contributed by atoms with Gasteiger partial charge >= 0.3 is 3.93 Å². The molecule has 0 aliphatic carbocycles. The molecule has 1 saturated heterocycles. The van der Waals surface area contributed by atoms with Gasteiger partial charge < -0.3 is 16.0 Å². The lowest BCUT2D eigenvalue weighted by Crippen LogP contribution is -2.50. The Morgan fingerprint density at radius 3 is 2.88 bits per heavy atom. The van der Waals surface area contributed by atoms with E-state index in [-0.39, 0.29) is 18.2 Å². The molecular weight excluding hydrogens is 453 g/mol. The Kier molecular flexibility index (Phi) is 5.61. The first-order valence-electron chi connectivity index (χ1n) is 8.47.